The van der Waals surface area contributed by atoms with E-state index in [1.54, 1.807) is 0 Å². The molecule has 3 heteroatoms. The molecule has 0 saturated carbocycles. The molecule has 126 valence electrons. The molecule has 3 rings (SSSR count). The highest BCUT2D eigenvalue weighted by atomic mass is 15.5. The molecule has 0 heterocycles. The molecule has 0 bridgehead atoms. The van der Waals surface area contributed by atoms with Crippen LogP contribution in [0.3, 0.4) is 0 Å². The van der Waals surface area contributed by atoms with Crippen molar-refractivity contribution in [2.45, 2.75) is 6.92 Å². The highest BCUT2D eigenvalue weighted by Crippen LogP contribution is 2.25. The topological polar surface area (TPSA) is 18.8 Å². The van der Waals surface area contributed by atoms with Crippen LogP contribution in [0.4, 0.5) is 17.1 Å². The lowest BCUT2D eigenvalue weighted by molar-refractivity contribution is 1.09. The zero-order chi connectivity index (χ0) is 17.6. The minimum Gasteiger partial charge on any atom is -0.378 e. The van der Waals surface area contributed by atoms with Gasteiger partial charge in [0.1, 0.15) is 0 Å². The first-order chi connectivity index (χ1) is 12.1. The Morgan fingerprint density at radius 2 is 1.28 bits per heavy atom. The van der Waals surface area contributed by atoms with Crippen LogP contribution in [0.5, 0.6) is 0 Å². The molecular weight excluding hydrogens is 306 g/mol. The van der Waals surface area contributed by atoms with Gasteiger partial charge in [0.2, 0.25) is 0 Å². The average molecular weight is 329 g/mol. The number of nitrogens with zero attached hydrogens (tertiary/aromatic N) is 3. The van der Waals surface area contributed by atoms with Crippen molar-refractivity contribution in [3.05, 3.63) is 90.0 Å². The van der Waals surface area contributed by atoms with Gasteiger partial charge in [-0.2, -0.15) is 5.10 Å². The maximum Gasteiger partial charge on any atom is 0.0652 e. The fourth-order valence-corrected chi connectivity index (χ4v) is 2.62. The minimum atomic E-state index is 1.03. The molecular formula is C22H23N3. The van der Waals surface area contributed by atoms with E-state index in [9.17, 15) is 0 Å². The molecule has 25 heavy (non-hydrogen) atoms. The van der Waals surface area contributed by atoms with Crippen molar-refractivity contribution in [1.82, 2.24) is 0 Å². The van der Waals surface area contributed by atoms with Gasteiger partial charge in [0.15, 0.2) is 0 Å². The van der Waals surface area contributed by atoms with Crippen LogP contribution in [0, 0.1) is 6.92 Å². The Bertz CT molecular complexity index is 800. The van der Waals surface area contributed by atoms with Crippen LogP contribution >= 0.6 is 0 Å². The molecule has 0 spiro atoms. The Labute approximate surface area is 149 Å². The monoisotopic (exact) mass is 329 g/mol. The van der Waals surface area contributed by atoms with Crippen molar-refractivity contribution < 1.29 is 0 Å². The van der Waals surface area contributed by atoms with Crippen LogP contribution in [0.25, 0.3) is 0 Å². The van der Waals surface area contributed by atoms with Gasteiger partial charge < -0.3 is 4.90 Å². The number of hydrogen-bond donors (Lipinski definition) is 0. The standard InChI is InChI=1S/C22H23N3/c1-18-16-22(24(2)3)15-14-19(18)17-23-25(20-10-6-4-7-11-20)21-12-8-5-9-13-21/h4-17H,1-3H3/b23-17+. The lowest BCUT2D eigenvalue weighted by Crippen LogP contribution is -2.10. The summed E-state index contributed by atoms with van der Waals surface area (Å²) in [4.78, 5) is 2.11. The molecule has 0 aliphatic carbocycles. The van der Waals surface area contributed by atoms with E-state index in [2.05, 4.69) is 68.4 Å². The highest BCUT2D eigenvalue weighted by molar-refractivity contribution is 5.84. The lowest BCUT2D eigenvalue weighted by atomic mass is 10.1. The second kappa shape index (κ2) is 7.67. The predicted octanol–water partition coefficient (Wildman–Crippen LogP) is 5.23. The third-order valence-corrected chi connectivity index (χ3v) is 4.08. The van der Waals surface area contributed by atoms with Crippen molar-refractivity contribution >= 4 is 23.3 Å². The molecule has 0 radical (unpaired) electrons. The van der Waals surface area contributed by atoms with Crippen molar-refractivity contribution in [2.24, 2.45) is 5.10 Å². The molecule has 0 aromatic heterocycles. The first-order valence-electron chi connectivity index (χ1n) is 8.37. The maximum atomic E-state index is 4.76. The van der Waals surface area contributed by atoms with Crippen LogP contribution in [-0.4, -0.2) is 20.3 Å². The van der Waals surface area contributed by atoms with E-state index in [4.69, 9.17) is 5.10 Å². The van der Waals surface area contributed by atoms with Crippen LogP contribution in [0.1, 0.15) is 11.1 Å². The predicted molar refractivity (Wildman–Crippen MR) is 108 cm³/mol. The third kappa shape index (κ3) is 4.07. The molecule has 3 nitrogen and oxygen atoms in total. The summed E-state index contributed by atoms with van der Waals surface area (Å²) in [6.45, 7) is 2.11. The van der Waals surface area contributed by atoms with Gasteiger partial charge in [0.05, 0.1) is 17.6 Å². The molecule has 0 fully saturated rings. The second-order valence-corrected chi connectivity index (χ2v) is 6.16. The lowest BCUT2D eigenvalue weighted by Gasteiger charge is -2.19. The van der Waals surface area contributed by atoms with E-state index >= 15 is 0 Å². The summed E-state index contributed by atoms with van der Waals surface area (Å²) in [6, 6.07) is 26.8. The van der Waals surface area contributed by atoms with Crippen molar-refractivity contribution in [2.75, 3.05) is 24.0 Å². The fourth-order valence-electron chi connectivity index (χ4n) is 2.62. The van der Waals surface area contributed by atoms with E-state index in [-0.39, 0.29) is 0 Å². The number of para-hydroxylation sites is 2. The number of rotatable bonds is 5. The number of hydrogen-bond acceptors (Lipinski definition) is 3. The molecule has 0 amide bonds. The Hall–Kier alpha value is -3.07. The number of anilines is 3. The molecule has 3 aromatic carbocycles. The SMILES string of the molecule is Cc1cc(N(C)C)ccc1/C=N/N(c1ccccc1)c1ccccc1. The molecule has 3 aromatic rings. The van der Waals surface area contributed by atoms with Gasteiger partial charge in [-0.15, -0.1) is 0 Å². The summed E-state index contributed by atoms with van der Waals surface area (Å²) in [5.41, 5.74) is 5.58. The largest absolute Gasteiger partial charge is 0.378 e. The van der Waals surface area contributed by atoms with Crippen molar-refractivity contribution in [1.29, 1.82) is 0 Å². The number of aryl methyl sites for hydroxylation is 1. The molecule has 0 N–H and O–H groups in total. The maximum absolute atomic E-state index is 4.76. The van der Waals surface area contributed by atoms with Crippen LogP contribution in [0.2, 0.25) is 0 Å². The highest BCUT2D eigenvalue weighted by Gasteiger charge is 2.07. The van der Waals surface area contributed by atoms with E-state index < -0.39 is 0 Å². The van der Waals surface area contributed by atoms with Gasteiger partial charge in [0, 0.05) is 19.8 Å². The summed E-state index contributed by atoms with van der Waals surface area (Å²) < 4.78 is 0. The number of hydrazone groups is 1. The van der Waals surface area contributed by atoms with E-state index in [1.807, 2.05) is 47.6 Å². The molecule has 0 saturated heterocycles. The normalized spacial score (nSPS) is 10.8. The van der Waals surface area contributed by atoms with Crippen LogP contribution < -0.4 is 9.91 Å². The minimum absolute atomic E-state index is 1.03. The van der Waals surface area contributed by atoms with Gasteiger partial charge in [-0.3, -0.25) is 0 Å². The first-order valence-corrected chi connectivity index (χ1v) is 8.37. The summed E-state index contributed by atoms with van der Waals surface area (Å²) >= 11 is 0. The Morgan fingerprint density at radius 1 is 0.720 bits per heavy atom. The van der Waals surface area contributed by atoms with Crippen LogP contribution in [0.15, 0.2) is 84.0 Å². The van der Waals surface area contributed by atoms with Crippen LogP contribution in [-0.2, 0) is 0 Å². The third-order valence-electron chi connectivity index (χ3n) is 4.08. The molecule has 0 aliphatic heterocycles. The van der Waals surface area contributed by atoms with Crippen molar-refractivity contribution in [3.63, 3.8) is 0 Å². The Morgan fingerprint density at radius 3 is 1.76 bits per heavy atom. The number of benzene rings is 3. The molecule has 0 unspecified atom stereocenters. The first kappa shape index (κ1) is 16.8. The Balaban J connectivity index is 1.94. The summed E-state index contributed by atoms with van der Waals surface area (Å²) in [5, 5.41) is 6.72. The summed E-state index contributed by atoms with van der Waals surface area (Å²) in [5.74, 6) is 0. The van der Waals surface area contributed by atoms with Gasteiger partial charge in [-0.25, -0.2) is 5.01 Å². The Kier molecular flexibility index (Phi) is 5.14. The van der Waals surface area contributed by atoms with E-state index in [0.717, 1.165) is 16.9 Å². The molecule has 0 atom stereocenters. The zero-order valence-corrected chi connectivity index (χ0v) is 14.9. The van der Waals surface area contributed by atoms with Gasteiger partial charge in [-0.1, -0.05) is 42.5 Å². The summed E-state index contributed by atoms with van der Waals surface area (Å²) in [7, 11) is 4.10. The average Bonchev–Trinajstić information content (AvgIpc) is 2.64. The molecule has 0 aliphatic rings. The fraction of sp³-hybridized carbons (Fsp3) is 0.136. The smallest absolute Gasteiger partial charge is 0.0652 e. The zero-order valence-electron chi connectivity index (χ0n) is 14.9. The second-order valence-electron chi connectivity index (χ2n) is 6.16. The van der Waals surface area contributed by atoms with Gasteiger partial charge >= 0.3 is 0 Å². The quantitative estimate of drug-likeness (QED) is 0.471. The van der Waals surface area contributed by atoms with Gasteiger partial charge in [0.25, 0.3) is 0 Å². The van der Waals surface area contributed by atoms with Gasteiger partial charge in [-0.05, 0) is 54.4 Å². The van der Waals surface area contributed by atoms with E-state index in [0.29, 0.717) is 0 Å². The summed E-state index contributed by atoms with van der Waals surface area (Å²) in [6.07, 6.45) is 1.93. The van der Waals surface area contributed by atoms with Crippen molar-refractivity contribution in [3.8, 4) is 0 Å². The van der Waals surface area contributed by atoms with E-state index in [1.165, 1.54) is 11.3 Å².